The molecule has 3 rings (SSSR count). The van der Waals surface area contributed by atoms with Crippen LogP contribution in [0.2, 0.25) is 5.02 Å². The lowest BCUT2D eigenvalue weighted by Gasteiger charge is -2.21. The standard InChI is InChI=1S/C21H26ClN3O5S/c1-11(2)14-8-13(22)9-15(12(3)4)20(14)23-21(26)25-31(28,29)19-10-16-17(24-27)6-5-7-18(16)30-19/h8-12,27H,5-7H2,1-4H3,(H2,23,25,26)/b24-17+. The fraction of sp³-hybridized carbons (Fsp3) is 0.429. The number of aryl methyl sites for hydroxylation is 1. The predicted molar refractivity (Wildman–Crippen MR) is 119 cm³/mol. The maximum Gasteiger partial charge on any atom is 0.333 e. The van der Waals surface area contributed by atoms with Crippen LogP contribution in [0.3, 0.4) is 0 Å². The molecule has 0 spiro atoms. The average Bonchev–Trinajstić information content (AvgIpc) is 3.13. The molecule has 168 valence electrons. The topological polar surface area (TPSA) is 121 Å². The van der Waals surface area contributed by atoms with Crippen molar-refractivity contribution in [2.75, 3.05) is 5.32 Å². The molecule has 1 aliphatic carbocycles. The normalized spacial score (nSPS) is 15.4. The number of benzene rings is 1. The zero-order valence-corrected chi connectivity index (χ0v) is 19.4. The van der Waals surface area contributed by atoms with Crippen molar-refractivity contribution in [2.24, 2.45) is 5.16 Å². The van der Waals surface area contributed by atoms with Crippen molar-refractivity contribution in [3.8, 4) is 0 Å². The molecule has 31 heavy (non-hydrogen) atoms. The van der Waals surface area contributed by atoms with E-state index in [2.05, 4.69) is 10.5 Å². The number of carbonyl (C=O) groups excluding carboxylic acids is 1. The summed E-state index contributed by atoms with van der Waals surface area (Å²) in [6.07, 6.45) is 1.72. The Balaban J connectivity index is 1.89. The Morgan fingerprint density at radius 1 is 1.13 bits per heavy atom. The molecule has 1 heterocycles. The molecule has 1 aliphatic rings. The fourth-order valence-corrected chi connectivity index (χ4v) is 4.75. The third kappa shape index (κ3) is 4.88. The number of hydrogen-bond donors (Lipinski definition) is 3. The number of hydrogen-bond acceptors (Lipinski definition) is 6. The smallest absolute Gasteiger partial charge is 0.333 e. The molecule has 10 heteroatoms. The number of sulfonamides is 1. The van der Waals surface area contributed by atoms with Gasteiger partial charge in [-0.3, -0.25) is 0 Å². The summed E-state index contributed by atoms with van der Waals surface area (Å²) >= 11 is 6.24. The molecular formula is C21H26ClN3O5S. The summed E-state index contributed by atoms with van der Waals surface area (Å²) in [7, 11) is -4.27. The largest absolute Gasteiger partial charge is 0.447 e. The summed E-state index contributed by atoms with van der Waals surface area (Å²) in [6.45, 7) is 7.85. The Bertz CT molecular complexity index is 1110. The first-order valence-electron chi connectivity index (χ1n) is 10.0. The van der Waals surface area contributed by atoms with Gasteiger partial charge >= 0.3 is 6.03 Å². The maximum atomic E-state index is 12.7. The molecule has 0 radical (unpaired) electrons. The second-order valence-electron chi connectivity index (χ2n) is 8.13. The molecule has 0 aliphatic heterocycles. The van der Waals surface area contributed by atoms with Crippen LogP contribution < -0.4 is 10.0 Å². The summed E-state index contributed by atoms with van der Waals surface area (Å²) in [5.41, 5.74) is 2.95. The second-order valence-corrected chi connectivity index (χ2v) is 10.2. The molecular weight excluding hydrogens is 442 g/mol. The van der Waals surface area contributed by atoms with E-state index in [0.717, 1.165) is 11.1 Å². The lowest BCUT2D eigenvalue weighted by atomic mass is 9.92. The van der Waals surface area contributed by atoms with Gasteiger partial charge < -0.3 is 14.9 Å². The lowest BCUT2D eigenvalue weighted by molar-refractivity contribution is 0.256. The monoisotopic (exact) mass is 467 g/mol. The highest BCUT2D eigenvalue weighted by Gasteiger charge is 2.29. The van der Waals surface area contributed by atoms with E-state index in [0.29, 0.717) is 47.0 Å². The Hall–Kier alpha value is -2.52. The molecule has 2 amide bonds. The van der Waals surface area contributed by atoms with Crippen molar-refractivity contribution in [1.82, 2.24) is 4.72 Å². The first-order chi connectivity index (χ1) is 14.5. The molecule has 3 N–H and O–H groups in total. The van der Waals surface area contributed by atoms with Crippen LogP contribution in [0.1, 0.15) is 74.8 Å². The average molecular weight is 468 g/mol. The van der Waals surface area contributed by atoms with Gasteiger partial charge in [0.1, 0.15) is 5.76 Å². The number of halogens is 1. The van der Waals surface area contributed by atoms with E-state index in [9.17, 15) is 13.2 Å². The van der Waals surface area contributed by atoms with Crippen LogP contribution in [0, 0.1) is 0 Å². The number of urea groups is 1. The Kier molecular flexibility index (Phi) is 6.66. The zero-order chi connectivity index (χ0) is 22.9. The zero-order valence-electron chi connectivity index (χ0n) is 17.8. The maximum absolute atomic E-state index is 12.7. The molecule has 0 saturated carbocycles. The molecule has 0 saturated heterocycles. The van der Waals surface area contributed by atoms with Crippen molar-refractivity contribution in [1.29, 1.82) is 0 Å². The van der Waals surface area contributed by atoms with Crippen molar-refractivity contribution in [2.45, 2.75) is 63.9 Å². The number of carbonyl (C=O) groups is 1. The van der Waals surface area contributed by atoms with E-state index in [1.807, 2.05) is 32.4 Å². The third-order valence-corrected chi connectivity index (χ3v) is 6.58. The molecule has 1 aromatic carbocycles. The molecule has 2 aromatic rings. The minimum Gasteiger partial charge on any atom is -0.447 e. The van der Waals surface area contributed by atoms with Gasteiger partial charge in [0.15, 0.2) is 0 Å². The molecule has 0 atom stereocenters. The van der Waals surface area contributed by atoms with Crippen LogP contribution in [-0.2, 0) is 16.4 Å². The third-order valence-electron chi connectivity index (χ3n) is 5.17. The van der Waals surface area contributed by atoms with Crippen LogP contribution >= 0.6 is 11.6 Å². The highest BCUT2D eigenvalue weighted by atomic mass is 35.5. The van der Waals surface area contributed by atoms with Gasteiger partial charge in [0.25, 0.3) is 10.0 Å². The summed E-state index contributed by atoms with van der Waals surface area (Å²) in [5.74, 6) is 0.522. The predicted octanol–water partition coefficient (Wildman–Crippen LogP) is 5.20. The van der Waals surface area contributed by atoms with Gasteiger partial charge in [-0.1, -0.05) is 44.5 Å². The minimum atomic E-state index is -4.27. The van der Waals surface area contributed by atoms with Crippen molar-refractivity contribution in [3.63, 3.8) is 0 Å². The molecule has 8 nitrogen and oxygen atoms in total. The van der Waals surface area contributed by atoms with Gasteiger partial charge in [0, 0.05) is 28.8 Å². The lowest BCUT2D eigenvalue weighted by Crippen LogP contribution is -2.34. The number of nitrogens with zero attached hydrogens (tertiary/aromatic N) is 1. The minimum absolute atomic E-state index is 0.0519. The van der Waals surface area contributed by atoms with E-state index in [-0.39, 0.29) is 11.8 Å². The summed E-state index contributed by atoms with van der Waals surface area (Å²) in [6, 6.07) is 3.90. The fourth-order valence-electron chi connectivity index (χ4n) is 3.64. The van der Waals surface area contributed by atoms with Crippen molar-refractivity contribution >= 4 is 39.1 Å². The summed E-state index contributed by atoms with van der Waals surface area (Å²) in [5, 5.41) is 15.2. The number of rotatable bonds is 5. The SMILES string of the molecule is CC(C)c1cc(Cl)cc(C(C)C)c1NC(=O)NS(=O)(=O)c1cc2c(o1)CCC/C2=N\O. The summed E-state index contributed by atoms with van der Waals surface area (Å²) in [4.78, 5) is 12.7. The number of nitrogens with one attached hydrogen (secondary N) is 2. The molecule has 0 fully saturated rings. The Morgan fingerprint density at radius 3 is 2.29 bits per heavy atom. The van der Waals surface area contributed by atoms with Gasteiger partial charge in [0.05, 0.1) is 5.71 Å². The second kappa shape index (κ2) is 8.92. The first-order valence-corrected chi connectivity index (χ1v) is 11.9. The molecule has 0 unspecified atom stereocenters. The van der Waals surface area contributed by atoms with Gasteiger partial charge in [0.2, 0.25) is 5.09 Å². The quantitative estimate of drug-likeness (QED) is 0.412. The van der Waals surface area contributed by atoms with Gasteiger partial charge in [-0.25, -0.2) is 9.52 Å². The van der Waals surface area contributed by atoms with Gasteiger partial charge in [-0.05, 0) is 47.9 Å². The van der Waals surface area contributed by atoms with E-state index >= 15 is 0 Å². The van der Waals surface area contributed by atoms with Gasteiger partial charge in [-0.2, -0.15) is 8.42 Å². The number of oxime groups is 1. The summed E-state index contributed by atoms with van der Waals surface area (Å²) < 4.78 is 33.0. The Labute approximate surface area is 186 Å². The van der Waals surface area contributed by atoms with Crippen LogP contribution in [0.5, 0.6) is 0 Å². The van der Waals surface area contributed by atoms with Crippen LogP contribution in [0.15, 0.2) is 32.9 Å². The van der Waals surface area contributed by atoms with Crippen LogP contribution in [0.4, 0.5) is 10.5 Å². The van der Waals surface area contributed by atoms with E-state index < -0.39 is 21.1 Å². The van der Waals surface area contributed by atoms with E-state index in [1.165, 1.54) is 6.07 Å². The number of fused-ring (bicyclic) bond motifs is 1. The van der Waals surface area contributed by atoms with E-state index in [4.69, 9.17) is 21.2 Å². The van der Waals surface area contributed by atoms with Crippen molar-refractivity contribution in [3.05, 3.63) is 45.7 Å². The van der Waals surface area contributed by atoms with Gasteiger partial charge in [-0.15, -0.1) is 0 Å². The van der Waals surface area contributed by atoms with Crippen molar-refractivity contribution < 1.29 is 22.8 Å². The van der Waals surface area contributed by atoms with Crippen LogP contribution in [-0.4, -0.2) is 25.4 Å². The highest BCUT2D eigenvalue weighted by molar-refractivity contribution is 7.89. The number of amides is 2. The first kappa shape index (κ1) is 23.1. The number of anilines is 1. The Morgan fingerprint density at radius 2 is 1.74 bits per heavy atom. The highest BCUT2D eigenvalue weighted by Crippen LogP contribution is 2.35. The van der Waals surface area contributed by atoms with E-state index in [1.54, 1.807) is 12.1 Å². The molecule has 0 bridgehead atoms. The molecule has 1 aromatic heterocycles. The van der Waals surface area contributed by atoms with Crippen LogP contribution in [0.25, 0.3) is 0 Å². The number of furan rings is 1.